The summed E-state index contributed by atoms with van der Waals surface area (Å²) in [4.78, 5) is 22.5. The van der Waals surface area contributed by atoms with Gasteiger partial charge in [-0.25, -0.2) is 5.06 Å². The van der Waals surface area contributed by atoms with E-state index in [1.54, 1.807) is 0 Å². The van der Waals surface area contributed by atoms with E-state index in [0.717, 1.165) is 22.4 Å². The minimum Gasteiger partial charge on any atom is -0.274 e. The maximum absolute atomic E-state index is 12.6. The van der Waals surface area contributed by atoms with Gasteiger partial charge in [0, 0.05) is 11.1 Å². The minimum atomic E-state index is -0.189. The number of carbonyl (C=O) groups excluding carboxylic acids is 1. The van der Waals surface area contributed by atoms with E-state index < -0.39 is 0 Å². The third kappa shape index (κ3) is 5.12. The van der Waals surface area contributed by atoms with Crippen molar-refractivity contribution in [2.75, 3.05) is 13.7 Å². The number of aliphatic imine (C=N–C) groups is 1. The molecule has 1 amide bonds. The maximum atomic E-state index is 12.6. The molecule has 0 radical (unpaired) electrons. The highest BCUT2D eigenvalue weighted by molar-refractivity contribution is 6.13. The highest BCUT2D eigenvalue weighted by Crippen LogP contribution is 2.12. The van der Waals surface area contributed by atoms with Crippen LogP contribution >= 0.6 is 0 Å². The highest BCUT2D eigenvalue weighted by atomic mass is 16.7. The molecule has 0 aromatic heterocycles. The largest absolute Gasteiger partial charge is 0.274 e. The number of amides is 1. The standard InChI is InChI=1S/C23H22N2O2/c1-27-25(18-19-11-5-2-6-12-19)22(26)17-24-23(20-13-7-3-8-14-20)21-15-9-4-10-16-21/h2-16H,17-18H2,1H3. The molecule has 3 rings (SSSR count). The quantitative estimate of drug-likeness (QED) is 0.471. The van der Waals surface area contributed by atoms with Gasteiger partial charge in [-0.15, -0.1) is 0 Å². The van der Waals surface area contributed by atoms with Gasteiger partial charge in [0.1, 0.15) is 6.54 Å². The molecule has 0 saturated heterocycles. The first-order chi connectivity index (χ1) is 13.3. The Morgan fingerprint density at radius 3 is 1.78 bits per heavy atom. The van der Waals surface area contributed by atoms with Gasteiger partial charge < -0.3 is 0 Å². The molecule has 0 spiro atoms. The van der Waals surface area contributed by atoms with E-state index in [-0.39, 0.29) is 12.5 Å². The Hall–Kier alpha value is -3.24. The second-order valence-corrected chi connectivity index (χ2v) is 6.00. The molecule has 0 heterocycles. The number of carbonyl (C=O) groups is 1. The molecule has 0 saturated carbocycles. The van der Waals surface area contributed by atoms with E-state index in [9.17, 15) is 4.79 Å². The van der Waals surface area contributed by atoms with Crippen molar-refractivity contribution in [1.82, 2.24) is 5.06 Å². The molecule has 3 aromatic rings. The Morgan fingerprint density at radius 2 is 1.30 bits per heavy atom. The molecule has 0 bridgehead atoms. The van der Waals surface area contributed by atoms with E-state index in [1.165, 1.54) is 12.2 Å². The van der Waals surface area contributed by atoms with E-state index in [2.05, 4.69) is 4.99 Å². The molecule has 27 heavy (non-hydrogen) atoms. The van der Waals surface area contributed by atoms with Crippen LogP contribution in [0.25, 0.3) is 0 Å². The van der Waals surface area contributed by atoms with Crippen LogP contribution in [0.15, 0.2) is 96.0 Å². The first-order valence-electron chi connectivity index (χ1n) is 8.81. The van der Waals surface area contributed by atoms with Crippen LogP contribution in [-0.4, -0.2) is 30.3 Å². The predicted molar refractivity (Wildman–Crippen MR) is 107 cm³/mol. The van der Waals surface area contributed by atoms with Crippen LogP contribution < -0.4 is 0 Å². The Bertz CT molecular complexity index is 837. The van der Waals surface area contributed by atoms with Crippen molar-refractivity contribution in [3.05, 3.63) is 108 Å². The fourth-order valence-electron chi connectivity index (χ4n) is 2.77. The third-order valence-electron chi connectivity index (χ3n) is 4.13. The van der Waals surface area contributed by atoms with Gasteiger partial charge in [-0.3, -0.25) is 14.6 Å². The molecular weight excluding hydrogens is 336 g/mol. The lowest BCUT2D eigenvalue weighted by Crippen LogP contribution is -2.31. The zero-order chi connectivity index (χ0) is 18.9. The lowest BCUT2D eigenvalue weighted by atomic mass is 10.0. The second-order valence-electron chi connectivity index (χ2n) is 6.00. The fourth-order valence-corrected chi connectivity index (χ4v) is 2.77. The van der Waals surface area contributed by atoms with Crippen molar-refractivity contribution in [3.8, 4) is 0 Å². The van der Waals surface area contributed by atoms with Crippen molar-refractivity contribution in [1.29, 1.82) is 0 Å². The van der Waals surface area contributed by atoms with E-state index in [1.807, 2.05) is 91.0 Å². The lowest BCUT2D eigenvalue weighted by molar-refractivity contribution is -0.177. The lowest BCUT2D eigenvalue weighted by Gasteiger charge is -2.19. The Labute approximate surface area is 159 Å². The number of benzene rings is 3. The molecule has 4 nitrogen and oxygen atoms in total. The topological polar surface area (TPSA) is 41.9 Å². The van der Waals surface area contributed by atoms with Crippen molar-refractivity contribution in [2.45, 2.75) is 6.54 Å². The molecule has 0 aliphatic carbocycles. The average Bonchev–Trinajstić information content (AvgIpc) is 2.74. The molecule has 0 aliphatic rings. The van der Waals surface area contributed by atoms with Crippen LogP contribution in [0.3, 0.4) is 0 Å². The van der Waals surface area contributed by atoms with Gasteiger partial charge in [0.05, 0.1) is 19.4 Å². The van der Waals surface area contributed by atoms with Crippen molar-refractivity contribution >= 4 is 11.6 Å². The summed E-state index contributed by atoms with van der Waals surface area (Å²) in [7, 11) is 1.50. The molecule has 0 fully saturated rings. The summed E-state index contributed by atoms with van der Waals surface area (Å²) in [6.45, 7) is 0.400. The van der Waals surface area contributed by atoms with Crippen LogP contribution in [0.2, 0.25) is 0 Å². The monoisotopic (exact) mass is 358 g/mol. The summed E-state index contributed by atoms with van der Waals surface area (Å²) in [6, 6.07) is 29.5. The maximum Gasteiger partial charge on any atom is 0.268 e. The Kier molecular flexibility index (Phi) is 6.50. The average molecular weight is 358 g/mol. The minimum absolute atomic E-state index is 0.0137. The summed E-state index contributed by atoms with van der Waals surface area (Å²) in [6.07, 6.45) is 0. The zero-order valence-electron chi connectivity index (χ0n) is 15.3. The number of nitrogens with zero attached hydrogens (tertiary/aromatic N) is 2. The van der Waals surface area contributed by atoms with Crippen LogP contribution in [0, 0.1) is 0 Å². The second kappa shape index (κ2) is 9.46. The number of hydrogen-bond acceptors (Lipinski definition) is 3. The normalized spacial score (nSPS) is 10.3. The molecule has 3 aromatic carbocycles. The van der Waals surface area contributed by atoms with E-state index in [0.29, 0.717) is 6.54 Å². The predicted octanol–water partition coefficient (Wildman–Crippen LogP) is 4.11. The summed E-state index contributed by atoms with van der Waals surface area (Å²) >= 11 is 0. The van der Waals surface area contributed by atoms with Gasteiger partial charge in [-0.05, 0) is 5.56 Å². The molecule has 4 heteroatoms. The summed E-state index contributed by atoms with van der Waals surface area (Å²) in [5, 5.41) is 1.34. The fraction of sp³-hybridized carbons (Fsp3) is 0.130. The van der Waals surface area contributed by atoms with E-state index >= 15 is 0 Å². The summed E-state index contributed by atoms with van der Waals surface area (Å²) in [5.41, 5.74) is 3.75. The van der Waals surface area contributed by atoms with Gasteiger partial charge in [-0.1, -0.05) is 91.0 Å². The van der Waals surface area contributed by atoms with Gasteiger partial charge in [0.2, 0.25) is 0 Å². The van der Waals surface area contributed by atoms with Gasteiger partial charge in [0.25, 0.3) is 5.91 Å². The van der Waals surface area contributed by atoms with Gasteiger partial charge in [-0.2, -0.15) is 0 Å². The highest BCUT2D eigenvalue weighted by Gasteiger charge is 2.14. The SMILES string of the molecule is CON(Cc1ccccc1)C(=O)CN=C(c1ccccc1)c1ccccc1. The Morgan fingerprint density at radius 1 is 0.815 bits per heavy atom. The first-order valence-corrected chi connectivity index (χ1v) is 8.81. The zero-order valence-corrected chi connectivity index (χ0v) is 15.3. The molecule has 0 atom stereocenters. The smallest absolute Gasteiger partial charge is 0.268 e. The van der Waals surface area contributed by atoms with Crippen LogP contribution in [0.1, 0.15) is 16.7 Å². The summed E-state index contributed by atoms with van der Waals surface area (Å²) < 4.78 is 0. The molecular formula is C23H22N2O2. The van der Waals surface area contributed by atoms with Crippen LogP contribution in [-0.2, 0) is 16.2 Å². The molecule has 0 aliphatic heterocycles. The van der Waals surface area contributed by atoms with Crippen LogP contribution in [0.5, 0.6) is 0 Å². The third-order valence-corrected chi connectivity index (χ3v) is 4.13. The number of rotatable bonds is 7. The molecule has 0 N–H and O–H groups in total. The van der Waals surface area contributed by atoms with Gasteiger partial charge >= 0.3 is 0 Å². The molecule has 136 valence electrons. The van der Waals surface area contributed by atoms with Crippen molar-refractivity contribution < 1.29 is 9.63 Å². The summed E-state index contributed by atoms with van der Waals surface area (Å²) in [5.74, 6) is -0.189. The number of hydroxylamine groups is 2. The first kappa shape index (κ1) is 18.5. The number of hydrogen-bond donors (Lipinski definition) is 0. The Balaban J connectivity index is 1.80. The van der Waals surface area contributed by atoms with Crippen LogP contribution in [0.4, 0.5) is 0 Å². The van der Waals surface area contributed by atoms with Crippen molar-refractivity contribution in [3.63, 3.8) is 0 Å². The van der Waals surface area contributed by atoms with Crippen molar-refractivity contribution in [2.24, 2.45) is 4.99 Å². The molecule has 0 unspecified atom stereocenters. The van der Waals surface area contributed by atoms with E-state index in [4.69, 9.17) is 4.84 Å². The van der Waals surface area contributed by atoms with Gasteiger partial charge in [0.15, 0.2) is 0 Å².